The van der Waals surface area contributed by atoms with Crippen LogP contribution in [0.4, 0.5) is 8.78 Å². The van der Waals surface area contributed by atoms with Crippen molar-refractivity contribution in [1.82, 2.24) is 5.32 Å². The molecular weight excluding hydrogens is 286 g/mol. The summed E-state index contributed by atoms with van der Waals surface area (Å²) >= 11 is 0. The molecule has 5 heteroatoms. The van der Waals surface area contributed by atoms with Crippen LogP contribution in [0.1, 0.15) is 38.2 Å². The minimum Gasteiger partial charge on any atom is -0.348 e. The number of amides is 1. The second-order valence-electron chi connectivity index (χ2n) is 5.69. The Bertz CT molecular complexity index is 634. The molecule has 1 amide bonds. The highest BCUT2D eigenvalue weighted by atomic mass is 19.2. The zero-order valence-corrected chi connectivity index (χ0v) is 12.4. The lowest BCUT2D eigenvalue weighted by molar-refractivity contribution is -0.118. The van der Waals surface area contributed by atoms with Crippen LogP contribution in [-0.2, 0) is 4.79 Å². The van der Waals surface area contributed by atoms with Crippen molar-refractivity contribution in [3.05, 3.63) is 41.0 Å². The molecule has 0 aromatic heterocycles. The van der Waals surface area contributed by atoms with Crippen LogP contribution in [0, 0.1) is 28.9 Å². The maximum atomic E-state index is 13.2. The lowest BCUT2D eigenvalue weighted by Gasteiger charge is -2.29. The molecule has 1 aromatic carbocycles. The van der Waals surface area contributed by atoms with Crippen molar-refractivity contribution >= 4 is 12.0 Å². The van der Waals surface area contributed by atoms with E-state index in [1.807, 2.05) is 6.07 Å². The molecule has 0 saturated heterocycles. The number of nitriles is 1. The fraction of sp³-hybridized carbons (Fsp3) is 0.412. The number of carbonyl (C=O) groups is 1. The van der Waals surface area contributed by atoms with Crippen LogP contribution in [-0.4, -0.2) is 11.9 Å². The Morgan fingerprint density at radius 2 is 2.05 bits per heavy atom. The van der Waals surface area contributed by atoms with Gasteiger partial charge in [0.2, 0.25) is 0 Å². The van der Waals surface area contributed by atoms with Crippen LogP contribution in [0.25, 0.3) is 6.08 Å². The highest BCUT2D eigenvalue weighted by Crippen LogP contribution is 2.24. The van der Waals surface area contributed by atoms with E-state index >= 15 is 0 Å². The van der Waals surface area contributed by atoms with Crippen LogP contribution in [0.2, 0.25) is 0 Å². The lowest BCUT2D eigenvalue weighted by atomic mass is 9.86. The minimum absolute atomic E-state index is 0.0583. The molecule has 1 aromatic rings. The number of hydrogen-bond acceptors (Lipinski definition) is 2. The Morgan fingerprint density at radius 3 is 2.68 bits per heavy atom. The smallest absolute Gasteiger partial charge is 0.262 e. The summed E-state index contributed by atoms with van der Waals surface area (Å²) in [5.41, 5.74) is 0.172. The van der Waals surface area contributed by atoms with Gasteiger partial charge in [0, 0.05) is 6.04 Å². The summed E-state index contributed by atoms with van der Waals surface area (Å²) in [4.78, 5) is 12.2. The van der Waals surface area contributed by atoms with Crippen molar-refractivity contribution in [1.29, 1.82) is 5.26 Å². The Morgan fingerprint density at radius 1 is 1.32 bits per heavy atom. The standard InChI is InChI=1S/C17H18F2N2O/c1-11-4-2-3-5-16(11)21-17(22)13(10-20)8-12-6-7-14(18)15(19)9-12/h6-9,11,16H,2-5H2,1H3,(H,21,22)/b13-8+/t11-,16-/m1/s1. The number of rotatable bonds is 3. The van der Waals surface area contributed by atoms with Crippen LogP contribution in [0.15, 0.2) is 23.8 Å². The van der Waals surface area contributed by atoms with Gasteiger partial charge in [-0.25, -0.2) is 8.78 Å². The molecule has 0 spiro atoms. The molecule has 2 rings (SSSR count). The number of nitrogens with zero attached hydrogens (tertiary/aromatic N) is 1. The number of benzene rings is 1. The van der Waals surface area contributed by atoms with Crippen LogP contribution in [0.5, 0.6) is 0 Å². The van der Waals surface area contributed by atoms with Gasteiger partial charge in [-0.2, -0.15) is 5.26 Å². The third-order valence-corrected chi connectivity index (χ3v) is 4.05. The molecule has 1 saturated carbocycles. The molecule has 116 valence electrons. The summed E-state index contributed by atoms with van der Waals surface area (Å²) in [6.45, 7) is 2.08. The highest BCUT2D eigenvalue weighted by Gasteiger charge is 2.24. The molecule has 3 nitrogen and oxygen atoms in total. The lowest BCUT2D eigenvalue weighted by Crippen LogP contribution is -2.41. The molecule has 0 unspecified atom stereocenters. The van der Waals surface area contributed by atoms with E-state index in [0.717, 1.165) is 37.8 Å². The van der Waals surface area contributed by atoms with E-state index in [1.165, 1.54) is 12.1 Å². The molecule has 0 radical (unpaired) electrons. The van der Waals surface area contributed by atoms with Crippen LogP contribution >= 0.6 is 0 Å². The van der Waals surface area contributed by atoms with E-state index in [4.69, 9.17) is 5.26 Å². The zero-order chi connectivity index (χ0) is 16.1. The molecule has 22 heavy (non-hydrogen) atoms. The molecular formula is C17H18F2N2O. The van der Waals surface area contributed by atoms with Crippen molar-refractivity contribution < 1.29 is 13.6 Å². The molecule has 1 aliphatic carbocycles. The van der Waals surface area contributed by atoms with E-state index in [2.05, 4.69) is 12.2 Å². The first-order chi connectivity index (χ1) is 10.5. The Hall–Kier alpha value is -2.22. The first-order valence-corrected chi connectivity index (χ1v) is 7.39. The summed E-state index contributed by atoms with van der Waals surface area (Å²) in [5.74, 6) is -2.06. The monoisotopic (exact) mass is 304 g/mol. The van der Waals surface area contributed by atoms with Gasteiger partial charge < -0.3 is 5.32 Å². The van der Waals surface area contributed by atoms with Gasteiger partial charge in [-0.1, -0.05) is 25.8 Å². The van der Waals surface area contributed by atoms with Gasteiger partial charge in [0.05, 0.1) is 0 Å². The van der Waals surface area contributed by atoms with Gasteiger partial charge in [-0.3, -0.25) is 4.79 Å². The third-order valence-electron chi connectivity index (χ3n) is 4.05. The quantitative estimate of drug-likeness (QED) is 0.685. The Balaban J connectivity index is 2.13. The Kier molecular flexibility index (Phi) is 5.26. The van der Waals surface area contributed by atoms with E-state index in [9.17, 15) is 13.6 Å². The maximum absolute atomic E-state index is 13.2. The van der Waals surface area contributed by atoms with Crippen molar-refractivity contribution in [3.8, 4) is 6.07 Å². The molecule has 0 aliphatic heterocycles. The predicted octanol–water partition coefficient (Wildman–Crippen LogP) is 3.57. The summed E-state index contributed by atoms with van der Waals surface area (Å²) < 4.78 is 26.1. The maximum Gasteiger partial charge on any atom is 0.262 e. The summed E-state index contributed by atoms with van der Waals surface area (Å²) in [6, 6.07) is 5.14. The van der Waals surface area contributed by atoms with Gasteiger partial charge in [-0.05, 0) is 42.5 Å². The van der Waals surface area contributed by atoms with Crippen LogP contribution in [0.3, 0.4) is 0 Å². The second kappa shape index (κ2) is 7.17. The Labute approximate surface area is 128 Å². The summed E-state index contributed by atoms with van der Waals surface area (Å²) in [7, 11) is 0. The second-order valence-corrected chi connectivity index (χ2v) is 5.69. The fourth-order valence-electron chi connectivity index (χ4n) is 2.69. The van der Waals surface area contributed by atoms with Gasteiger partial charge in [0.1, 0.15) is 11.6 Å². The zero-order valence-electron chi connectivity index (χ0n) is 12.4. The minimum atomic E-state index is -1.01. The van der Waals surface area contributed by atoms with Gasteiger partial charge in [0.15, 0.2) is 11.6 Å². The molecule has 1 fully saturated rings. The molecule has 1 aliphatic rings. The number of nitrogens with one attached hydrogen (secondary N) is 1. The van der Waals surface area contributed by atoms with Crippen molar-refractivity contribution in [2.45, 2.75) is 38.6 Å². The van der Waals surface area contributed by atoms with Crippen molar-refractivity contribution in [2.75, 3.05) is 0 Å². The number of carbonyl (C=O) groups excluding carboxylic acids is 1. The largest absolute Gasteiger partial charge is 0.348 e. The molecule has 1 N–H and O–H groups in total. The van der Waals surface area contributed by atoms with Gasteiger partial charge in [0.25, 0.3) is 5.91 Å². The predicted molar refractivity (Wildman–Crippen MR) is 79.5 cm³/mol. The number of halogens is 2. The first-order valence-electron chi connectivity index (χ1n) is 7.39. The third kappa shape index (κ3) is 3.91. The van der Waals surface area contributed by atoms with E-state index in [-0.39, 0.29) is 17.2 Å². The molecule has 0 heterocycles. The van der Waals surface area contributed by atoms with E-state index in [1.54, 1.807) is 0 Å². The highest BCUT2D eigenvalue weighted by molar-refractivity contribution is 6.01. The molecule has 0 bridgehead atoms. The fourth-order valence-corrected chi connectivity index (χ4v) is 2.69. The summed E-state index contributed by atoms with van der Waals surface area (Å²) in [6.07, 6.45) is 5.44. The van der Waals surface area contributed by atoms with Gasteiger partial charge >= 0.3 is 0 Å². The van der Waals surface area contributed by atoms with Crippen molar-refractivity contribution in [2.24, 2.45) is 5.92 Å². The average molecular weight is 304 g/mol. The topological polar surface area (TPSA) is 52.9 Å². The average Bonchev–Trinajstić information content (AvgIpc) is 2.50. The summed E-state index contributed by atoms with van der Waals surface area (Å²) in [5, 5.41) is 12.0. The van der Waals surface area contributed by atoms with Crippen LogP contribution < -0.4 is 5.32 Å². The van der Waals surface area contributed by atoms with Crippen molar-refractivity contribution in [3.63, 3.8) is 0 Å². The number of hydrogen-bond donors (Lipinski definition) is 1. The van der Waals surface area contributed by atoms with E-state index < -0.39 is 17.5 Å². The first kappa shape index (κ1) is 16.2. The van der Waals surface area contributed by atoms with Gasteiger partial charge in [-0.15, -0.1) is 0 Å². The molecule has 2 atom stereocenters. The SMILES string of the molecule is C[C@@H]1CCCC[C@H]1NC(=O)/C(C#N)=C/c1ccc(F)c(F)c1. The van der Waals surface area contributed by atoms with E-state index in [0.29, 0.717) is 5.92 Å². The normalized spacial score (nSPS) is 22.0.